The Morgan fingerprint density at radius 2 is 1.88 bits per heavy atom. The van der Waals surface area contributed by atoms with Gasteiger partial charge in [0.15, 0.2) is 5.96 Å². The van der Waals surface area contributed by atoms with Crippen molar-refractivity contribution in [3.63, 3.8) is 0 Å². The minimum Gasteiger partial charge on any atom is -0.357 e. The van der Waals surface area contributed by atoms with Gasteiger partial charge in [0.2, 0.25) is 0 Å². The molecule has 0 amide bonds. The van der Waals surface area contributed by atoms with E-state index in [4.69, 9.17) is 4.99 Å². The molecular formula is C20H32N4. The van der Waals surface area contributed by atoms with Gasteiger partial charge in [-0.3, -0.25) is 0 Å². The fourth-order valence-corrected chi connectivity index (χ4v) is 3.91. The van der Waals surface area contributed by atoms with E-state index >= 15 is 0 Å². The lowest BCUT2D eigenvalue weighted by molar-refractivity contribution is 0.151. The van der Waals surface area contributed by atoms with E-state index in [9.17, 15) is 0 Å². The van der Waals surface area contributed by atoms with Crippen LogP contribution < -0.4 is 5.32 Å². The van der Waals surface area contributed by atoms with E-state index in [0.717, 1.165) is 32.1 Å². The number of benzene rings is 1. The summed E-state index contributed by atoms with van der Waals surface area (Å²) in [4.78, 5) is 9.57. The van der Waals surface area contributed by atoms with Crippen LogP contribution >= 0.6 is 0 Å². The molecule has 0 bridgehead atoms. The molecule has 132 valence electrons. The third-order valence-corrected chi connectivity index (χ3v) is 5.42. The largest absolute Gasteiger partial charge is 0.357 e. The molecule has 1 aliphatic carbocycles. The van der Waals surface area contributed by atoms with Gasteiger partial charge in [-0.2, -0.15) is 0 Å². The molecule has 3 rings (SSSR count). The summed E-state index contributed by atoms with van der Waals surface area (Å²) in [5.41, 5.74) is 3.25. The fourth-order valence-electron chi connectivity index (χ4n) is 3.91. The molecule has 4 nitrogen and oxygen atoms in total. The Hall–Kier alpha value is -1.55. The van der Waals surface area contributed by atoms with Crippen molar-refractivity contribution in [1.29, 1.82) is 0 Å². The zero-order valence-electron chi connectivity index (χ0n) is 15.5. The van der Waals surface area contributed by atoms with Crippen LogP contribution in [0.25, 0.3) is 0 Å². The lowest BCUT2D eigenvalue weighted by Gasteiger charge is -2.38. The zero-order valence-corrected chi connectivity index (χ0v) is 15.5. The maximum Gasteiger partial charge on any atom is 0.194 e. The minimum absolute atomic E-state index is 0.615. The van der Waals surface area contributed by atoms with Crippen LogP contribution in [0.15, 0.2) is 29.3 Å². The van der Waals surface area contributed by atoms with Crippen LogP contribution in [0, 0.1) is 5.41 Å². The average Bonchev–Trinajstić information content (AvgIpc) is 2.98. The molecule has 0 atom stereocenters. The zero-order chi connectivity index (χ0) is 17.0. The van der Waals surface area contributed by atoms with E-state index in [1.54, 1.807) is 0 Å². The SMILES string of the molecule is CCNC(=NCc1ccc(CN(C)C)cc1)N1CCC2(CCC2)C1. The summed E-state index contributed by atoms with van der Waals surface area (Å²) in [6.45, 7) is 7.19. The summed E-state index contributed by atoms with van der Waals surface area (Å²) in [6.07, 6.45) is 5.59. The first kappa shape index (κ1) is 17.3. The van der Waals surface area contributed by atoms with Crippen molar-refractivity contribution >= 4 is 5.96 Å². The molecule has 0 radical (unpaired) electrons. The van der Waals surface area contributed by atoms with Gasteiger partial charge >= 0.3 is 0 Å². The topological polar surface area (TPSA) is 30.9 Å². The molecule has 4 heteroatoms. The van der Waals surface area contributed by atoms with Crippen molar-refractivity contribution in [2.24, 2.45) is 10.4 Å². The van der Waals surface area contributed by atoms with E-state index in [1.807, 2.05) is 0 Å². The van der Waals surface area contributed by atoms with Crippen LogP contribution in [0.2, 0.25) is 0 Å². The molecule has 2 aliphatic rings. The first-order chi connectivity index (χ1) is 11.6. The molecular weight excluding hydrogens is 296 g/mol. The minimum atomic E-state index is 0.615. The second-order valence-corrected chi connectivity index (χ2v) is 7.75. The molecule has 24 heavy (non-hydrogen) atoms. The third kappa shape index (κ3) is 4.10. The van der Waals surface area contributed by atoms with E-state index in [1.165, 1.54) is 43.4 Å². The predicted molar refractivity (Wildman–Crippen MR) is 101 cm³/mol. The maximum absolute atomic E-state index is 4.90. The number of hydrogen-bond donors (Lipinski definition) is 1. The van der Waals surface area contributed by atoms with Gasteiger partial charge in [0.05, 0.1) is 6.54 Å². The number of guanidine groups is 1. The van der Waals surface area contributed by atoms with Gasteiger partial charge in [0, 0.05) is 26.2 Å². The number of likely N-dealkylation sites (tertiary alicyclic amines) is 1. The van der Waals surface area contributed by atoms with Crippen LogP contribution in [0.5, 0.6) is 0 Å². The van der Waals surface area contributed by atoms with Gasteiger partial charge in [0.25, 0.3) is 0 Å². The number of rotatable bonds is 5. The molecule has 1 N–H and O–H groups in total. The summed E-state index contributed by atoms with van der Waals surface area (Å²) in [7, 11) is 4.21. The Kier molecular flexibility index (Phi) is 5.44. The monoisotopic (exact) mass is 328 g/mol. The first-order valence-electron chi connectivity index (χ1n) is 9.36. The highest BCUT2D eigenvalue weighted by Crippen LogP contribution is 2.47. The van der Waals surface area contributed by atoms with E-state index < -0.39 is 0 Å². The summed E-state index contributed by atoms with van der Waals surface area (Å²) >= 11 is 0. The second kappa shape index (κ2) is 7.56. The van der Waals surface area contributed by atoms with Crippen LogP contribution in [-0.2, 0) is 13.1 Å². The standard InChI is InChI=1S/C20H32N4/c1-4-21-19(24-13-12-20(16-24)10-5-11-20)22-14-17-6-8-18(9-7-17)15-23(2)3/h6-9H,4-5,10-16H2,1-3H3,(H,21,22). The molecule has 1 aromatic rings. The molecule has 2 fully saturated rings. The van der Waals surface area contributed by atoms with Gasteiger partial charge in [-0.05, 0) is 56.8 Å². The first-order valence-corrected chi connectivity index (χ1v) is 9.36. The molecule has 1 heterocycles. The molecule has 1 saturated heterocycles. The summed E-state index contributed by atoms with van der Waals surface area (Å²) in [5, 5.41) is 3.49. The quantitative estimate of drug-likeness (QED) is 0.666. The summed E-state index contributed by atoms with van der Waals surface area (Å²) in [6, 6.07) is 8.86. The van der Waals surface area contributed by atoms with Crippen molar-refractivity contribution < 1.29 is 0 Å². The van der Waals surface area contributed by atoms with Crippen LogP contribution in [0.3, 0.4) is 0 Å². The van der Waals surface area contributed by atoms with Gasteiger partial charge < -0.3 is 15.1 Å². The Labute approximate surface area is 146 Å². The smallest absolute Gasteiger partial charge is 0.194 e. The highest BCUT2D eigenvalue weighted by molar-refractivity contribution is 5.80. The van der Waals surface area contributed by atoms with E-state index in [2.05, 4.69) is 60.4 Å². The molecule has 1 saturated carbocycles. The average molecular weight is 329 g/mol. The number of nitrogens with zero attached hydrogens (tertiary/aromatic N) is 3. The van der Waals surface area contributed by atoms with Crippen LogP contribution in [0.1, 0.15) is 43.7 Å². The van der Waals surface area contributed by atoms with Crippen molar-refractivity contribution in [2.45, 2.75) is 45.7 Å². The second-order valence-electron chi connectivity index (χ2n) is 7.75. The third-order valence-electron chi connectivity index (χ3n) is 5.42. The van der Waals surface area contributed by atoms with Crippen LogP contribution in [0.4, 0.5) is 0 Å². The summed E-state index contributed by atoms with van der Waals surface area (Å²) in [5.74, 6) is 1.10. The van der Waals surface area contributed by atoms with Crippen LogP contribution in [-0.4, -0.2) is 49.5 Å². The predicted octanol–water partition coefficient (Wildman–Crippen LogP) is 3.09. The van der Waals surface area contributed by atoms with E-state index in [-0.39, 0.29) is 0 Å². The van der Waals surface area contributed by atoms with Gasteiger partial charge in [-0.15, -0.1) is 0 Å². The molecule has 1 aliphatic heterocycles. The molecule has 0 aromatic heterocycles. The van der Waals surface area contributed by atoms with Gasteiger partial charge in [-0.25, -0.2) is 4.99 Å². The van der Waals surface area contributed by atoms with E-state index in [0.29, 0.717) is 5.41 Å². The summed E-state index contributed by atoms with van der Waals surface area (Å²) < 4.78 is 0. The normalized spacial score (nSPS) is 19.8. The Morgan fingerprint density at radius 1 is 1.17 bits per heavy atom. The number of hydrogen-bond acceptors (Lipinski definition) is 2. The maximum atomic E-state index is 4.90. The molecule has 1 aromatic carbocycles. The fraction of sp³-hybridized carbons (Fsp3) is 0.650. The lowest BCUT2D eigenvalue weighted by Crippen LogP contribution is -2.42. The Balaban J connectivity index is 1.61. The highest BCUT2D eigenvalue weighted by atomic mass is 15.3. The van der Waals surface area contributed by atoms with Crippen molar-refractivity contribution in [3.05, 3.63) is 35.4 Å². The molecule has 0 unspecified atom stereocenters. The Morgan fingerprint density at radius 3 is 2.42 bits per heavy atom. The molecule has 1 spiro atoms. The van der Waals surface area contributed by atoms with Crippen molar-refractivity contribution in [3.8, 4) is 0 Å². The lowest BCUT2D eigenvalue weighted by atomic mass is 9.68. The van der Waals surface area contributed by atoms with Crippen molar-refractivity contribution in [1.82, 2.24) is 15.1 Å². The highest BCUT2D eigenvalue weighted by Gasteiger charge is 2.43. The number of aliphatic imine (C=N–C) groups is 1. The number of nitrogens with one attached hydrogen (secondary N) is 1. The Bertz CT molecular complexity index is 558. The van der Waals surface area contributed by atoms with Gasteiger partial charge in [0.1, 0.15) is 0 Å². The van der Waals surface area contributed by atoms with Gasteiger partial charge in [-0.1, -0.05) is 30.7 Å². The van der Waals surface area contributed by atoms with Crippen molar-refractivity contribution in [2.75, 3.05) is 33.7 Å².